The van der Waals surface area contributed by atoms with E-state index in [0.717, 1.165) is 11.1 Å². The molecule has 5 rings (SSSR count). The Morgan fingerprint density at radius 2 is 1.58 bits per heavy atom. The first-order valence-electron chi connectivity index (χ1n) is 13.1. The number of esters is 1. The van der Waals surface area contributed by atoms with Gasteiger partial charge in [-0.15, -0.1) is 0 Å². The van der Waals surface area contributed by atoms with Crippen LogP contribution in [0, 0.1) is 16.0 Å². The number of halogens is 1. The molecule has 0 aliphatic carbocycles. The number of alkyl halides is 1. The topological polar surface area (TPSA) is 125 Å². The zero-order valence-corrected chi connectivity index (χ0v) is 25.9. The summed E-state index contributed by atoms with van der Waals surface area (Å²) in [6.45, 7) is 1.44. The van der Waals surface area contributed by atoms with E-state index in [-0.39, 0.29) is 23.9 Å². The molecule has 10 nitrogen and oxygen atoms in total. The van der Waals surface area contributed by atoms with Gasteiger partial charge in [0, 0.05) is 22.4 Å². The van der Waals surface area contributed by atoms with Crippen LogP contribution in [0.25, 0.3) is 0 Å². The molecular formula is C30H25BrN2O8S2. The largest absolute Gasteiger partial charge is 0.508 e. The number of nitro groups is 1. The maximum atomic E-state index is 13.7. The van der Waals surface area contributed by atoms with Crippen LogP contribution in [0.3, 0.4) is 0 Å². The molecule has 0 unspecified atom stereocenters. The van der Waals surface area contributed by atoms with E-state index in [2.05, 4.69) is 15.9 Å². The molecule has 1 fully saturated rings. The average Bonchev–Trinajstić information content (AvgIpc) is 3.02. The standard InChI is InChI=1S/C30H25BrN2O8S2/c1-18(40-30(36)39-17-19-12-14-22(15-13-19)33(37)38)24-27(34)32-25(23(16-31)42-43-28(24)32)29(35)41-26(20-8-4-2-5-9-20)21-10-6-3-7-11-21/h2-15,18,24,26,28H,16-17H2,1H3/t18-,24+,28-/m1/s1. The zero-order valence-electron chi connectivity index (χ0n) is 22.7. The van der Waals surface area contributed by atoms with Crippen molar-refractivity contribution < 1.29 is 33.5 Å². The SMILES string of the molecule is C[C@@H](OC(=O)OCc1ccc([N+](=O)[O-])cc1)[C@H]1C(=O)N2C(C(=O)OC(c3ccccc3)c3ccccc3)=C(CBr)SS[C@H]12. The third-order valence-electron chi connectivity index (χ3n) is 6.87. The average molecular weight is 686 g/mol. The summed E-state index contributed by atoms with van der Waals surface area (Å²) in [5.41, 5.74) is 2.21. The Labute approximate surface area is 263 Å². The molecule has 1 saturated heterocycles. The van der Waals surface area contributed by atoms with Gasteiger partial charge in [0.2, 0.25) is 5.91 Å². The van der Waals surface area contributed by atoms with Crippen molar-refractivity contribution in [3.05, 3.63) is 122 Å². The van der Waals surface area contributed by atoms with Gasteiger partial charge in [0.1, 0.15) is 29.7 Å². The number of carbonyl (C=O) groups is 3. The quantitative estimate of drug-likeness (QED) is 0.0565. The summed E-state index contributed by atoms with van der Waals surface area (Å²) in [6, 6.07) is 24.3. The Kier molecular flexibility index (Phi) is 9.73. The lowest BCUT2D eigenvalue weighted by atomic mass is 9.91. The minimum Gasteiger partial charge on any atom is -0.448 e. The highest BCUT2D eigenvalue weighted by atomic mass is 79.9. The van der Waals surface area contributed by atoms with E-state index in [4.69, 9.17) is 14.2 Å². The van der Waals surface area contributed by atoms with Gasteiger partial charge in [-0.2, -0.15) is 0 Å². The van der Waals surface area contributed by atoms with Gasteiger partial charge in [0.15, 0.2) is 6.10 Å². The lowest BCUT2D eigenvalue weighted by Gasteiger charge is -2.50. The highest BCUT2D eigenvalue weighted by Crippen LogP contribution is 2.54. The molecule has 3 atom stereocenters. The fraction of sp³-hybridized carbons (Fsp3) is 0.233. The Bertz CT molecular complexity index is 1500. The van der Waals surface area contributed by atoms with Crippen LogP contribution in [-0.2, 0) is 30.4 Å². The smallest absolute Gasteiger partial charge is 0.448 e. The Hall–Kier alpha value is -3.81. The van der Waals surface area contributed by atoms with Crippen molar-refractivity contribution in [2.45, 2.75) is 31.1 Å². The highest BCUT2D eigenvalue weighted by Gasteiger charge is 2.57. The van der Waals surface area contributed by atoms with E-state index in [1.807, 2.05) is 60.7 Å². The highest BCUT2D eigenvalue weighted by molar-refractivity contribution is 9.09. The van der Waals surface area contributed by atoms with Crippen LogP contribution in [0.4, 0.5) is 10.5 Å². The zero-order chi connectivity index (χ0) is 30.5. The van der Waals surface area contributed by atoms with Gasteiger partial charge >= 0.3 is 12.1 Å². The number of non-ortho nitro benzene ring substituents is 1. The van der Waals surface area contributed by atoms with Crippen molar-refractivity contribution in [1.29, 1.82) is 0 Å². The molecule has 1 amide bonds. The van der Waals surface area contributed by atoms with Crippen LogP contribution in [0.1, 0.15) is 29.7 Å². The van der Waals surface area contributed by atoms with Crippen LogP contribution >= 0.6 is 37.5 Å². The molecule has 13 heteroatoms. The fourth-order valence-electron chi connectivity index (χ4n) is 4.70. The maximum Gasteiger partial charge on any atom is 0.508 e. The summed E-state index contributed by atoms with van der Waals surface area (Å²) in [7, 11) is 2.77. The summed E-state index contributed by atoms with van der Waals surface area (Å²) in [6.07, 6.45) is -2.50. The second kappa shape index (κ2) is 13.7. The number of allylic oxidation sites excluding steroid dienone is 1. The predicted molar refractivity (Wildman–Crippen MR) is 165 cm³/mol. The monoisotopic (exact) mass is 684 g/mol. The van der Waals surface area contributed by atoms with Crippen molar-refractivity contribution in [2.75, 3.05) is 5.33 Å². The van der Waals surface area contributed by atoms with E-state index in [1.54, 1.807) is 6.92 Å². The molecule has 0 aromatic heterocycles. The molecule has 2 aliphatic rings. The van der Waals surface area contributed by atoms with Crippen molar-refractivity contribution in [1.82, 2.24) is 4.90 Å². The summed E-state index contributed by atoms with van der Waals surface area (Å²) < 4.78 is 16.6. The minimum absolute atomic E-state index is 0.0770. The molecule has 3 aromatic rings. The lowest BCUT2D eigenvalue weighted by Crippen LogP contribution is -2.64. The van der Waals surface area contributed by atoms with Crippen LogP contribution in [0.15, 0.2) is 95.5 Å². The van der Waals surface area contributed by atoms with Crippen LogP contribution in [-0.4, -0.2) is 44.7 Å². The Morgan fingerprint density at radius 3 is 2.14 bits per heavy atom. The fourth-order valence-corrected chi connectivity index (χ4v) is 8.71. The first-order chi connectivity index (χ1) is 20.8. The molecule has 2 aliphatic heterocycles. The second-order valence-corrected chi connectivity index (χ2v) is 12.6. The van der Waals surface area contributed by atoms with Crippen molar-refractivity contribution in [3.8, 4) is 0 Å². The Balaban J connectivity index is 1.26. The maximum absolute atomic E-state index is 13.7. The number of fused-ring (bicyclic) bond motifs is 1. The van der Waals surface area contributed by atoms with E-state index in [1.165, 1.54) is 50.8 Å². The first-order valence-corrected chi connectivity index (χ1v) is 16.4. The summed E-state index contributed by atoms with van der Waals surface area (Å²) in [4.78, 5) is 51.9. The molecule has 3 aromatic carbocycles. The van der Waals surface area contributed by atoms with Gasteiger partial charge in [0.05, 0.1) is 4.92 Å². The second-order valence-electron chi connectivity index (χ2n) is 9.60. The van der Waals surface area contributed by atoms with Crippen LogP contribution in [0.2, 0.25) is 0 Å². The first kappa shape index (κ1) is 30.6. The number of hydrogen-bond donors (Lipinski definition) is 0. The molecule has 0 bridgehead atoms. The number of carbonyl (C=O) groups excluding carboxylic acids is 3. The van der Waals surface area contributed by atoms with Gasteiger partial charge in [-0.05, 0) is 35.7 Å². The van der Waals surface area contributed by atoms with Gasteiger partial charge in [-0.1, -0.05) is 98.2 Å². The van der Waals surface area contributed by atoms with Gasteiger partial charge in [-0.3, -0.25) is 19.8 Å². The van der Waals surface area contributed by atoms with E-state index >= 15 is 0 Å². The predicted octanol–water partition coefficient (Wildman–Crippen LogP) is 6.76. The van der Waals surface area contributed by atoms with Gasteiger partial charge in [-0.25, -0.2) is 9.59 Å². The van der Waals surface area contributed by atoms with Crippen LogP contribution in [0.5, 0.6) is 0 Å². The third kappa shape index (κ3) is 6.73. The van der Waals surface area contributed by atoms with E-state index in [9.17, 15) is 24.5 Å². The number of amides is 1. The molecule has 0 saturated carbocycles. The molecule has 0 N–H and O–H groups in total. The number of β-lactam (4-membered cyclic amide) rings is 1. The number of benzene rings is 3. The molecule has 0 radical (unpaired) electrons. The molecule has 0 spiro atoms. The number of hydrogen-bond acceptors (Lipinski definition) is 10. The van der Waals surface area contributed by atoms with Crippen molar-refractivity contribution >= 4 is 61.2 Å². The number of nitro benzene ring substituents is 1. The van der Waals surface area contributed by atoms with Crippen molar-refractivity contribution in [3.63, 3.8) is 0 Å². The minimum atomic E-state index is -0.976. The van der Waals surface area contributed by atoms with Crippen LogP contribution < -0.4 is 0 Å². The Morgan fingerprint density at radius 1 is 0.977 bits per heavy atom. The van der Waals surface area contributed by atoms with Gasteiger partial charge < -0.3 is 14.2 Å². The lowest BCUT2D eigenvalue weighted by molar-refractivity contribution is -0.384. The summed E-state index contributed by atoms with van der Waals surface area (Å²) >= 11 is 3.43. The summed E-state index contributed by atoms with van der Waals surface area (Å²) in [5.74, 6) is -1.70. The van der Waals surface area contributed by atoms with Gasteiger partial charge in [0.25, 0.3) is 5.69 Å². The molecule has 43 heavy (non-hydrogen) atoms. The van der Waals surface area contributed by atoms with E-state index in [0.29, 0.717) is 15.8 Å². The third-order valence-corrected chi connectivity index (χ3v) is 10.6. The molecular weight excluding hydrogens is 660 g/mol. The van der Waals surface area contributed by atoms with E-state index < -0.39 is 40.5 Å². The van der Waals surface area contributed by atoms with Crippen molar-refractivity contribution in [2.24, 2.45) is 5.92 Å². The molecule has 222 valence electrons. The molecule has 2 heterocycles. The summed E-state index contributed by atoms with van der Waals surface area (Å²) in [5, 5.41) is 10.7. The number of rotatable bonds is 10. The normalized spacial score (nSPS) is 18.4. The number of nitrogens with zero attached hydrogens (tertiary/aromatic N) is 2. The number of ether oxygens (including phenoxy) is 3.